The highest BCUT2D eigenvalue weighted by atomic mass is 32.2. The van der Waals surface area contributed by atoms with Crippen LogP contribution in [0.5, 0.6) is 5.75 Å². The van der Waals surface area contributed by atoms with Crippen LogP contribution in [0.15, 0.2) is 12.1 Å². The Balaban J connectivity index is 1.86. The molecule has 0 saturated heterocycles. The predicted octanol–water partition coefficient (Wildman–Crippen LogP) is 3.77. The molecule has 2 rings (SSSR count). The molecule has 0 atom stereocenters. The Hall–Kier alpha value is -0.670. The quantitative estimate of drug-likeness (QED) is 0.880. The molecule has 0 radical (unpaired) electrons. The topological polar surface area (TPSA) is 32.3 Å². The van der Waals surface area contributed by atoms with Gasteiger partial charge in [0, 0.05) is 17.8 Å². The first kappa shape index (κ1) is 14.7. The Morgan fingerprint density at radius 2 is 1.74 bits per heavy atom. The molecule has 0 aliphatic heterocycles. The summed E-state index contributed by atoms with van der Waals surface area (Å²) in [4.78, 5) is 0. The molecule has 1 saturated carbocycles. The van der Waals surface area contributed by atoms with Crippen molar-refractivity contribution in [3.63, 3.8) is 0 Å². The number of thioether (sulfide) groups is 1. The first-order valence-electron chi connectivity index (χ1n) is 7.15. The van der Waals surface area contributed by atoms with E-state index in [9.17, 15) is 5.11 Å². The fraction of sp³-hybridized carbons (Fsp3) is 0.625. The molecule has 2 nitrogen and oxygen atoms in total. The third kappa shape index (κ3) is 3.90. The van der Waals surface area contributed by atoms with E-state index in [0.717, 1.165) is 22.9 Å². The Kier molecular flexibility index (Phi) is 5.17. The number of hydrogen-bond donors (Lipinski definition) is 2. The standard InChI is InChI=1S/C16H25NOS/c1-11-8-13(9-12(2)16(11)18)10-17-14-4-6-15(19-3)7-5-14/h8-9,14-15,17-18H,4-7,10H2,1-3H3. The Morgan fingerprint density at radius 3 is 2.26 bits per heavy atom. The van der Waals surface area contributed by atoms with Crippen LogP contribution < -0.4 is 5.32 Å². The second-order valence-corrected chi connectivity index (χ2v) is 6.81. The maximum atomic E-state index is 9.78. The molecule has 0 amide bonds. The van der Waals surface area contributed by atoms with Crippen molar-refractivity contribution < 1.29 is 5.11 Å². The van der Waals surface area contributed by atoms with Gasteiger partial charge in [0.2, 0.25) is 0 Å². The smallest absolute Gasteiger partial charge is 0.121 e. The van der Waals surface area contributed by atoms with Crippen LogP contribution in [0.25, 0.3) is 0 Å². The third-order valence-electron chi connectivity index (χ3n) is 4.15. The molecular formula is C16H25NOS. The molecule has 0 unspecified atom stereocenters. The second-order valence-electron chi connectivity index (χ2n) is 5.67. The minimum atomic E-state index is 0.434. The van der Waals surface area contributed by atoms with Gasteiger partial charge in [-0.3, -0.25) is 0 Å². The van der Waals surface area contributed by atoms with Crippen molar-refractivity contribution in [2.75, 3.05) is 6.26 Å². The van der Waals surface area contributed by atoms with Gasteiger partial charge in [-0.1, -0.05) is 12.1 Å². The normalized spacial score (nSPS) is 23.5. The van der Waals surface area contributed by atoms with Crippen molar-refractivity contribution in [3.05, 3.63) is 28.8 Å². The van der Waals surface area contributed by atoms with Crippen molar-refractivity contribution >= 4 is 11.8 Å². The summed E-state index contributed by atoms with van der Waals surface area (Å²) >= 11 is 2.01. The lowest BCUT2D eigenvalue weighted by Gasteiger charge is -2.28. The Labute approximate surface area is 121 Å². The molecule has 1 fully saturated rings. The largest absolute Gasteiger partial charge is 0.507 e. The van der Waals surface area contributed by atoms with Crippen LogP contribution in [-0.4, -0.2) is 22.7 Å². The third-order valence-corrected chi connectivity index (χ3v) is 5.29. The van der Waals surface area contributed by atoms with E-state index >= 15 is 0 Å². The van der Waals surface area contributed by atoms with Crippen LogP contribution in [0.4, 0.5) is 0 Å². The van der Waals surface area contributed by atoms with Crippen LogP contribution in [0.1, 0.15) is 42.4 Å². The van der Waals surface area contributed by atoms with Gasteiger partial charge in [0.05, 0.1) is 0 Å². The van der Waals surface area contributed by atoms with Crippen LogP contribution in [0, 0.1) is 13.8 Å². The highest BCUT2D eigenvalue weighted by Gasteiger charge is 2.19. The summed E-state index contributed by atoms with van der Waals surface area (Å²) in [5.74, 6) is 0.434. The van der Waals surface area contributed by atoms with E-state index in [1.165, 1.54) is 31.2 Å². The van der Waals surface area contributed by atoms with Gasteiger partial charge < -0.3 is 10.4 Å². The summed E-state index contributed by atoms with van der Waals surface area (Å²) < 4.78 is 0. The summed E-state index contributed by atoms with van der Waals surface area (Å²) in [5, 5.41) is 14.3. The van der Waals surface area contributed by atoms with E-state index in [0.29, 0.717) is 11.8 Å². The number of aromatic hydroxyl groups is 1. The number of rotatable bonds is 4. The van der Waals surface area contributed by atoms with E-state index < -0.39 is 0 Å². The molecule has 1 aliphatic rings. The summed E-state index contributed by atoms with van der Waals surface area (Å²) in [6.07, 6.45) is 7.49. The van der Waals surface area contributed by atoms with Crippen molar-refractivity contribution in [2.45, 2.75) is 57.4 Å². The van der Waals surface area contributed by atoms with E-state index in [4.69, 9.17) is 0 Å². The van der Waals surface area contributed by atoms with Gasteiger partial charge in [0.1, 0.15) is 5.75 Å². The number of aryl methyl sites for hydroxylation is 2. The molecule has 106 valence electrons. The monoisotopic (exact) mass is 279 g/mol. The average molecular weight is 279 g/mol. The molecule has 1 aliphatic carbocycles. The van der Waals surface area contributed by atoms with Crippen molar-refractivity contribution in [1.29, 1.82) is 0 Å². The minimum absolute atomic E-state index is 0.434. The Bertz CT molecular complexity index is 402. The van der Waals surface area contributed by atoms with Gasteiger partial charge in [0.25, 0.3) is 0 Å². The number of phenolic OH excluding ortho intramolecular Hbond substituents is 1. The maximum Gasteiger partial charge on any atom is 0.121 e. The number of nitrogens with one attached hydrogen (secondary N) is 1. The van der Waals surface area contributed by atoms with E-state index in [1.807, 2.05) is 25.6 Å². The number of phenols is 1. The summed E-state index contributed by atoms with van der Waals surface area (Å²) in [5.41, 5.74) is 3.23. The molecule has 0 bridgehead atoms. The maximum absolute atomic E-state index is 9.78. The van der Waals surface area contributed by atoms with E-state index in [1.54, 1.807) is 0 Å². The van der Waals surface area contributed by atoms with Crippen molar-refractivity contribution in [3.8, 4) is 5.75 Å². The summed E-state index contributed by atoms with van der Waals surface area (Å²) in [7, 11) is 0. The zero-order valence-electron chi connectivity index (χ0n) is 12.2. The fourth-order valence-corrected chi connectivity index (χ4v) is 3.66. The van der Waals surface area contributed by atoms with Crippen LogP contribution in [0.2, 0.25) is 0 Å². The number of benzene rings is 1. The fourth-order valence-electron chi connectivity index (χ4n) is 2.91. The molecule has 0 heterocycles. The van der Waals surface area contributed by atoms with Crippen molar-refractivity contribution in [1.82, 2.24) is 5.32 Å². The molecule has 19 heavy (non-hydrogen) atoms. The van der Waals surface area contributed by atoms with Gasteiger partial charge in [0.15, 0.2) is 0 Å². The molecule has 3 heteroatoms. The SMILES string of the molecule is CSC1CCC(NCc2cc(C)c(O)c(C)c2)CC1. The molecule has 0 aromatic heterocycles. The zero-order chi connectivity index (χ0) is 13.8. The zero-order valence-corrected chi connectivity index (χ0v) is 13.0. The van der Waals surface area contributed by atoms with Gasteiger partial charge in [-0.25, -0.2) is 0 Å². The highest BCUT2D eigenvalue weighted by Crippen LogP contribution is 2.27. The summed E-state index contributed by atoms with van der Waals surface area (Å²) in [6, 6.07) is 4.84. The lowest BCUT2D eigenvalue weighted by atomic mass is 9.94. The van der Waals surface area contributed by atoms with Crippen LogP contribution >= 0.6 is 11.8 Å². The second kappa shape index (κ2) is 6.67. The molecular weight excluding hydrogens is 254 g/mol. The van der Waals surface area contributed by atoms with Crippen molar-refractivity contribution in [2.24, 2.45) is 0 Å². The van der Waals surface area contributed by atoms with Gasteiger partial charge in [-0.15, -0.1) is 0 Å². The lowest BCUT2D eigenvalue weighted by molar-refractivity contribution is 0.378. The highest BCUT2D eigenvalue weighted by molar-refractivity contribution is 7.99. The molecule has 0 spiro atoms. The van der Waals surface area contributed by atoms with Crippen LogP contribution in [0.3, 0.4) is 0 Å². The molecule has 1 aromatic rings. The van der Waals surface area contributed by atoms with Gasteiger partial charge in [-0.05, 0) is 62.5 Å². The number of hydrogen-bond acceptors (Lipinski definition) is 3. The molecule has 1 aromatic carbocycles. The van der Waals surface area contributed by atoms with Crippen LogP contribution in [-0.2, 0) is 6.54 Å². The predicted molar refractivity (Wildman–Crippen MR) is 84.0 cm³/mol. The van der Waals surface area contributed by atoms with E-state index in [2.05, 4.69) is 23.7 Å². The van der Waals surface area contributed by atoms with Gasteiger partial charge in [-0.2, -0.15) is 11.8 Å². The lowest BCUT2D eigenvalue weighted by Crippen LogP contribution is -2.33. The Morgan fingerprint density at radius 1 is 1.16 bits per heavy atom. The molecule has 2 N–H and O–H groups in total. The average Bonchev–Trinajstić information content (AvgIpc) is 2.43. The van der Waals surface area contributed by atoms with E-state index in [-0.39, 0.29) is 0 Å². The van der Waals surface area contributed by atoms with Gasteiger partial charge >= 0.3 is 0 Å². The first-order valence-corrected chi connectivity index (χ1v) is 8.44. The minimum Gasteiger partial charge on any atom is -0.507 e. The first-order chi connectivity index (χ1) is 9.10. The summed E-state index contributed by atoms with van der Waals surface area (Å²) in [6.45, 7) is 4.85.